The molecular weight excluding hydrogens is 352 g/mol. The molecule has 0 saturated carbocycles. The Morgan fingerprint density at radius 2 is 1.32 bits per heavy atom. The lowest BCUT2D eigenvalue weighted by Crippen LogP contribution is -2.38. The molecule has 0 aromatic carbocycles. The SMILES string of the molecule is CCCCCCCCCCCCCCCCC/C=C1/C(=O)O[C@@](C)(OC)[C@@H]1O. The molecule has 0 unspecified atom stereocenters. The van der Waals surface area contributed by atoms with Gasteiger partial charge < -0.3 is 14.6 Å². The molecule has 164 valence electrons. The van der Waals surface area contributed by atoms with E-state index < -0.39 is 17.9 Å². The van der Waals surface area contributed by atoms with Gasteiger partial charge in [-0.3, -0.25) is 0 Å². The second kappa shape index (κ2) is 15.0. The second-order valence-corrected chi connectivity index (χ2v) is 8.41. The van der Waals surface area contributed by atoms with Gasteiger partial charge >= 0.3 is 5.97 Å². The number of carbonyl (C=O) groups excluding carboxylic acids is 1. The maximum absolute atomic E-state index is 11.8. The number of allylic oxidation sites excluding steroid dienone is 1. The highest BCUT2D eigenvalue weighted by atomic mass is 16.7. The third-order valence-corrected chi connectivity index (χ3v) is 5.90. The Morgan fingerprint density at radius 1 is 0.893 bits per heavy atom. The first kappa shape index (κ1) is 25.2. The Morgan fingerprint density at radius 3 is 1.71 bits per heavy atom. The van der Waals surface area contributed by atoms with E-state index in [9.17, 15) is 9.90 Å². The van der Waals surface area contributed by atoms with Gasteiger partial charge in [0.05, 0.1) is 5.57 Å². The van der Waals surface area contributed by atoms with Gasteiger partial charge in [0.1, 0.15) is 0 Å². The minimum atomic E-state index is -1.24. The topological polar surface area (TPSA) is 55.8 Å². The summed E-state index contributed by atoms with van der Waals surface area (Å²) >= 11 is 0. The standard InChI is InChI=1S/C24H44O4/c1-4-5-6-7-8-9-10-11-12-13-14-15-16-17-18-19-20-21-22(25)24(2,27-3)28-23(21)26/h20,22,25H,4-19H2,1-3H3/b21-20+/t22-,24-/m1/s1. The molecule has 4 nitrogen and oxygen atoms in total. The molecule has 0 spiro atoms. The quantitative estimate of drug-likeness (QED) is 0.174. The Kier molecular flexibility index (Phi) is 13.5. The zero-order valence-corrected chi connectivity index (χ0v) is 18.6. The molecule has 0 radical (unpaired) electrons. The minimum Gasteiger partial charge on any atom is -0.427 e. The van der Waals surface area contributed by atoms with E-state index in [1.165, 1.54) is 97.0 Å². The first-order chi connectivity index (χ1) is 13.5. The molecule has 1 heterocycles. The summed E-state index contributed by atoms with van der Waals surface area (Å²) < 4.78 is 10.2. The summed E-state index contributed by atoms with van der Waals surface area (Å²) in [5.41, 5.74) is 0.342. The fraction of sp³-hybridized carbons (Fsp3) is 0.875. The molecule has 0 bridgehead atoms. The Hall–Kier alpha value is -0.870. The molecule has 1 N–H and O–H groups in total. The fourth-order valence-electron chi connectivity index (χ4n) is 3.81. The van der Waals surface area contributed by atoms with Crippen molar-refractivity contribution in [1.82, 2.24) is 0 Å². The van der Waals surface area contributed by atoms with Crippen molar-refractivity contribution in [3.8, 4) is 0 Å². The summed E-state index contributed by atoms with van der Waals surface area (Å²) in [5, 5.41) is 10.2. The molecular formula is C24H44O4. The van der Waals surface area contributed by atoms with Gasteiger partial charge in [-0.25, -0.2) is 4.79 Å². The van der Waals surface area contributed by atoms with Crippen molar-refractivity contribution in [2.45, 2.75) is 128 Å². The molecule has 1 saturated heterocycles. The van der Waals surface area contributed by atoms with Crippen LogP contribution < -0.4 is 0 Å². The fourth-order valence-corrected chi connectivity index (χ4v) is 3.81. The Balaban J connectivity index is 1.91. The summed E-state index contributed by atoms with van der Waals surface area (Å²) in [6.07, 6.45) is 21.8. The Labute approximate surface area is 173 Å². The maximum Gasteiger partial charge on any atom is 0.339 e. The largest absolute Gasteiger partial charge is 0.427 e. The molecule has 0 amide bonds. The van der Waals surface area contributed by atoms with Crippen molar-refractivity contribution in [2.75, 3.05) is 7.11 Å². The highest BCUT2D eigenvalue weighted by Crippen LogP contribution is 2.32. The van der Waals surface area contributed by atoms with Crippen LogP contribution in [0.15, 0.2) is 11.6 Å². The lowest BCUT2D eigenvalue weighted by atomic mass is 10.0. The second-order valence-electron chi connectivity index (χ2n) is 8.41. The van der Waals surface area contributed by atoms with Crippen molar-refractivity contribution in [1.29, 1.82) is 0 Å². The molecule has 4 heteroatoms. The van der Waals surface area contributed by atoms with Gasteiger partial charge in [-0.15, -0.1) is 0 Å². The van der Waals surface area contributed by atoms with Gasteiger partial charge in [-0.05, 0) is 12.8 Å². The average Bonchev–Trinajstić information content (AvgIpc) is 2.91. The van der Waals surface area contributed by atoms with Crippen LogP contribution in [0.2, 0.25) is 0 Å². The predicted octanol–water partition coefficient (Wildman–Crippen LogP) is 6.45. The summed E-state index contributed by atoms with van der Waals surface area (Å²) in [4.78, 5) is 11.8. The van der Waals surface area contributed by atoms with Crippen LogP contribution in [0.4, 0.5) is 0 Å². The van der Waals surface area contributed by atoms with Gasteiger partial charge in [0, 0.05) is 14.0 Å². The number of unbranched alkanes of at least 4 members (excludes halogenated alkanes) is 15. The zero-order chi connectivity index (χ0) is 20.7. The van der Waals surface area contributed by atoms with E-state index in [1.807, 2.05) is 6.08 Å². The number of carbonyl (C=O) groups is 1. The number of hydrogen-bond donors (Lipinski definition) is 1. The zero-order valence-electron chi connectivity index (χ0n) is 18.6. The van der Waals surface area contributed by atoms with Crippen molar-refractivity contribution >= 4 is 5.97 Å². The molecule has 1 fully saturated rings. The summed E-state index contributed by atoms with van der Waals surface area (Å²) in [6, 6.07) is 0. The van der Waals surface area contributed by atoms with Crippen LogP contribution in [0.1, 0.15) is 117 Å². The smallest absolute Gasteiger partial charge is 0.339 e. The number of ether oxygens (including phenoxy) is 2. The van der Waals surface area contributed by atoms with Gasteiger partial charge in [-0.1, -0.05) is 103 Å². The van der Waals surface area contributed by atoms with E-state index in [0.717, 1.165) is 12.8 Å². The van der Waals surface area contributed by atoms with Crippen LogP contribution in [0.25, 0.3) is 0 Å². The molecule has 0 aliphatic carbocycles. The summed E-state index contributed by atoms with van der Waals surface area (Å²) in [7, 11) is 1.44. The first-order valence-electron chi connectivity index (χ1n) is 11.7. The van der Waals surface area contributed by atoms with Crippen molar-refractivity contribution in [3.05, 3.63) is 11.6 Å². The van der Waals surface area contributed by atoms with E-state index in [-0.39, 0.29) is 0 Å². The van der Waals surface area contributed by atoms with Crippen LogP contribution in [0.3, 0.4) is 0 Å². The van der Waals surface area contributed by atoms with Crippen LogP contribution >= 0.6 is 0 Å². The molecule has 0 aromatic heterocycles. The molecule has 1 rings (SSSR count). The van der Waals surface area contributed by atoms with Crippen molar-refractivity contribution in [2.24, 2.45) is 0 Å². The van der Waals surface area contributed by atoms with Crippen LogP contribution in [-0.2, 0) is 14.3 Å². The number of aliphatic hydroxyl groups is 1. The monoisotopic (exact) mass is 396 g/mol. The molecule has 1 aliphatic heterocycles. The lowest BCUT2D eigenvalue weighted by molar-refractivity contribution is -0.218. The van der Waals surface area contributed by atoms with E-state index in [0.29, 0.717) is 5.57 Å². The molecule has 2 atom stereocenters. The van der Waals surface area contributed by atoms with E-state index in [1.54, 1.807) is 6.92 Å². The number of esters is 1. The number of methoxy groups -OCH3 is 1. The summed E-state index contributed by atoms with van der Waals surface area (Å²) in [6.45, 7) is 3.86. The minimum absolute atomic E-state index is 0.342. The average molecular weight is 397 g/mol. The van der Waals surface area contributed by atoms with Gasteiger partial charge in [0.25, 0.3) is 0 Å². The third kappa shape index (κ3) is 9.56. The molecule has 0 aromatic rings. The van der Waals surface area contributed by atoms with Crippen molar-refractivity contribution < 1.29 is 19.4 Å². The highest BCUT2D eigenvalue weighted by molar-refractivity contribution is 5.92. The third-order valence-electron chi connectivity index (χ3n) is 5.90. The van der Waals surface area contributed by atoms with Crippen molar-refractivity contribution in [3.63, 3.8) is 0 Å². The molecule has 1 aliphatic rings. The van der Waals surface area contributed by atoms with Gasteiger partial charge in [-0.2, -0.15) is 0 Å². The van der Waals surface area contributed by atoms with E-state index in [4.69, 9.17) is 9.47 Å². The highest BCUT2D eigenvalue weighted by Gasteiger charge is 2.49. The Bertz CT molecular complexity index is 446. The van der Waals surface area contributed by atoms with Crippen LogP contribution in [0, 0.1) is 0 Å². The number of aliphatic hydroxyl groups excluding tert-OH is 1. The van der Waals surface area contributed by atoms with E-state index in [2.05, 4.69) is 6.92 Å². The van der Waals surface area contributed by atoms with Gasteiger partial charge in [0.15, 0.2) is 6.10 Å². The predicted molar refractivity (Wildman–Crippen MR) is 115 cm³/mol. The van der Waals surface area contributed by atoms with Crippen LogP contribution in [-0.4, -0.2) is 30.1 Å². The lowest BCUT2D eigenvalue weighted by Gasteiger charge is -2.23. The number of cyclic esters (lactones) is 1. The van der Waals surface area contributed by atoms with Crippen LogP contribution in [0.5, 0.6) is 0 Å². The first-order valence-corrected chi connectivity index (χ1v) is 11.7. The van der Waals surface area contributed by atoms with Gasteiger partial charge in [0.2, 0.25) is 5.79 Å². The number of hydrogen-bond acceptors (Lipinski definition) is 4. The normalized spacial score (nSPS) is 23.5. The number of rotatable bonds is 17. The summed E-state index contributed by atoms with van der Waals surface area (Å²) in [5.74, 6) is -1.70. The maximum atomic E-state index is 11.8. The van der Waals surface area contributed by atoms with E-state index >= 15 is 0 Å². The molecule has 28 heavy (non-hydrogen) atoms.